The number of rotatable bonds is 4. The van der Waals surface area contributed by atoms with Crippen molar-refractivity contribution in [1.29, 1.82) is 0 Å². The SMILES string of the molecule is COc1cnc(C(=O)Nc2ccc(F)c([C@@]3(C)N=C(N)CO[C@]3(F)C(F)(F)F)c2)cn1. The molecule has 1 aliphatic rings. The van der Waals surface area contributed by atoms with E-state index in [4.69, 9.17) is 10.5 Å². The Bertz CT molecular complexity index is 1030. The highest BCUT2D eigenvalue weighted by Crippen LogP contribution is 2.52. The summed E-state index contributed by atoms with van der Waals surface area (Å²) in [4.78, 5) is 23.5. The highest BCUT2D eigenvalue weighted by Gasteiger charge is 2.71. The molecule has 1 aromatic carbocycles. The number of amidine groups is 1. The number of carbonyl (C=O) groups is 1. The Labute approximate surface area is 172 Å². The first-order chi connectivity index (χ1) is 14.4. The van der Waals surface area contributed by atoms with Crippen LogP contribution in [0.2, 0.25) is 0 Å². The van der Waals surface area contributed by atoms with Gasteiger partial charge in [-0.15, -0.1) is 0 Å². The molecule has 1 aromatic heterocycles. The van der Waals surface area contributed by atoms with E-state index >= 15 is 4.39 Å². The van der Waals surface area contributed by atoms with E-state index in [0.29, 0.717) is 6.92 Å². The summed E-state index contributed by atoms with van der Waals surface area (Å²) >= 11 is 0. The molecule has 0 radical (unpaired) electrons. The van der Waals surface area contributed by atoms with Crippen LogP contribution in [0.1, 0.15) is 23.0 Å². The summed E-state index contributed by atoms with van der Waals surface area (Å²) < 4.78 is 79.4. The smallest absolute Gasteiger partial charge is 0.451 e. The molecule has 2 atom stereocenters. The average molecular weight is 445 g/mol. The van der Waals surface area contributed by atoms with E-state index < -0.39 is 47.3 Å². The number of halogens is 5. The molecule has 13 heteroatoms. The summed E-state index contributed by atoms with van der Waals surface area (Å²) in [5.74, 6) is -6.69. The number of benzene rings is 1. The Morgan fingerprint density at radius 2 is 2.00 bits per heavy atom. The number of nitrogens with zero attached hydrogens (tertiary/aromatic N) is 3. The summed E-state index contributed by atoms with van der Waals surface area (Å²) in [6.07, 6.45) is -3.30. The van der Waals surface area contributed by atoms with Crippen LogP contribution in [0, 0.1) is 5.82 Å². The van der Waals surface area contributed by atoms with E-state index in [1.807, 2.05) is 0 Å². The number of methoxy groups -OCH3 is 1. The van der Waals surface area contributed by atoms with Gasteiger partial charge in [0.05, 0.1) is 19.5 Å². The number of aromatic nitrogens is 2. The van der Waals surface area contributed by atoms with Gasteiger partial charge < -0.3 is 20.5 Å². The van der Waals surface area contributed by atoms with Crippen LogP contribution in [0.5, 0.6) is 5.88 Å². The molecule has 3 rings (SSSR count). The minimum atomic E-state index is -5.56. The zero-order chi connectivity index (χ0) is 23.0. The molecule has 8 nitrogen and oxygen atoms in total. The van der Waals surface area contributed by atoms with Crippen LogP contribution in [0.4, 0.5) is 27.6 Å². The first-order valence-electron chi connectivity index (χ1n) is 8.62. The Balaban J connectivity index is 2.01. The zero-order valence-electron chi connectivity index (χ0n) is 16.1. The Morgan fingerprint density at radius 3 is 2.58 bits per heavy atom. The van der Waals surface area contributed by atoms with Crippen molar-refractivity contribution in [3.63, 3.8) is 0 Å². The Kier molecular flexibility index (Phi) is 5.56. The standard InChI is InChI=1S/C18H16F5N5O3/c1-16(17(20,18(21,22)23)31-8-13(24)28-16)10-5-9(3-4-11(10)19)27-15(29)12-6-26-14(30-2)7-25-12/h3-7H,8H2,1-2H3,(H2,24,28)(H,27,29)/t16-,17+/m1/s1. The minimum Gasteiger partial charge on any atom is -0.480 e. The van der Waals surface area contributed by atoms with Crippen molar-refractivity contribution in [2.24, 2.45) is 10.7 Å². The van der Waals surface area contributed by atoms with E-state index in [9.17, 15) is 22.4 Å². The minimum absolute atomic E-state index is 0.146. The predicted octanol–water partition coefficient (Wildman–Crippen LogP) is 2.71. The number of ether oxygens (including phenoxy) is 2. The molecular formula is C18H16F5N5O3. The maximum absolute atomic E-state index is 15.1. The van der Waals surface area contributed by atoms with Gasteiger partial charge in [-0.05, 0) is 25.1 Å². The van der Waals surface area contributed by atoms with Gasteiger partial charge in [0.15, 0.2) is 5.54 Å². The van der Waals surface area contributed by atoms with Crippen molar-refractivity contribution < 1.29 is 36.2 Å². The average Bonchev–Trinajstić information content (AvgIpc) is 2.71. The molecule has 0 unspecified atom stereocenters. The van der Waals surface area contributed by atoms with Gasteiger partial charge in [0, 0.05) is 11.3 Å². The van der Waals surface area contributed by atoms with Gasteiger partial charge in [0.2, 0.25) is 5.88 Å². The third-order valence-corrected chi connectivity index (χ3v) is 4.60. The lowest BCUT2D eigenvalue weighted by Crippen LogP contribution is -2.61. The molecule has 2 heterocycles. The number of alkyl halides is 4. The maximum atomic E-state index is 15.1. The second-order valence-electron chi connectivity index (χ2n) is 6.65. The summed E-state index contributed by atoms with van der Waals surface area (Å²) in [6, 6.07) is 2.64. The highest BCUT2D eigenvalue weighted by atomic mass is 19.4. The van der Waals surface area contributed by atoms with Crippen molar-refractivity contribution in [2.45, 2.75) is 24.5 Å². The predicted molar refractivity (Wildman–Crippen MR) is 97.8 cm³/mol. The molecule has 0 spiro atoms. The molecule has 0 aliphatic carbocycles. The van der Waals surface area contributed by atoms with Gasteiger partial charge in [0.25, 0.3) is 5.91 Å². The zero-order valence-corrected chi connectivity index (χ0v) is 16.1. The van der Waals surface area contributed by atoms with Crippen molar-refractivity contribution in [1.82, 2.24) is 9.97 Å². The number of anilines is 1. The Morgan fingerprint density at radius 1 is 1.29 bits per heavy atom. The summed E-state index contributed by atoms with van der Waals surface area (Å²) in [7, 11) is 1.35. The topological polar surface area (TPSA) is 112 Å². The van der Waals surface area contributed by atoms with Crippen molar-refractivity contribution in [2.75, 3.05) is 19.0 Å². The Hall–Kier alpha value is -3.35. The van der Waals surface area contributed by atoms with Crippen LogP contribution in [0.15, 0.2) is 35.6 Å². The molecule has 0 saturated heterocycles. The summed E-state index contributed by atoms with van der Waals surface area (Å²) in [5.41, 5.74) is 1.41. The van der Waals surface area contributed by atoms with Crippen LogP contribution < -0.4 is 15.8 Å². The van der Waals surface area contributed by atoms with E-state index in [1.54, 1.807) is 0 Å². The molecule has 0 bridgehead atoms. The number of nitrogens with two attached hydrogens (primary N) is 1. The molecule has 0 fully saturated rings. The van der Waals surface area contributed by atoms with Crippen LogP contribution in [-0.4, -0.2) is 47.5 Å². The normalized spacial score (nSPS) is 23.8. The number of amides is 1. The number of aliphatic imine (C=N–C) groups is 1. The van der Waals surface area contributed by atoms with Crippen LogP contribution in [0.25, 0.3) is 0 Å². The van der Waals surface area contributed by atoms with Crippen LogP contribution in [-0.2, 0) is 10.3 Å². The lowest BCUT2D eigenvalue weighted by Gasteiger charge is -2.43. The fraction of sp³-hybridized carbons (Fsp3) is 0.333. The molecule has 31 heavy (non-hydrogen) atoms. The fourth-order valence-corrected chi connectivity index (χ4v) is 3.01. The molecule has 3 N–H and O–H groups in total. The lowest BCUT2D eigenvalue weighted by molar-refractivity contribution is -0.357. The number of carbonyl (C=O) groups excluding carboxylic acids is 1. The monoisotopic (exact) mass is 445 g/mol. The largest absolute Gasteiger partial charge is 0.480 e. The summed E-state index contributed by atoms with van der Waals surface area (Å²) in [5, 5.41) is 2.32. The molecular weight excluding hydrogens is 429 g/mol. The van der Waals surface area contributed by atoms with Gasteiger partial charge in [-0.1, -0.05) is 0 Å². The van der Waals surface area contributed by atoms with Crippen molar-refractivity contribution in [3.8, 4) is 5.88 Å². The molecule has 1 amide bonds. The number of nitrogens with one attached hydrogen (secondary N) is 1. The van der Waals surface area contributed by atoms with Gasteiger partial charge in [-0.2, -0.15) is 17.6 Å². The number of hydrogen-bond donors (Lipinski definition) is 2. The van der Waals surface area contributed by atoms with Crippen LogP contribution >= 0.6 is 0 Å². The molecule has 0 saturated carbocycles. The highest BCUT2D eigenvalue weighted by molar-refractivity contribution is 6.02. The van der Waals surface area contributed by atoms with Gasteiger partial charge in [-0.3, -0.25) is 9.79 Å². The van der Waals surface area contributed by atoms with E-state index in [0.717, 1.165) is 24.4 Å². The number of hydrogen-bond acceptors (Lipinski definition) is 7. The van der Waals surface area contributed by atoms with Crippen LogP contribution in [0.3, 0.4) is 0 Å². The molecule has 2 aromatic rings. The quantitative estimate of drug-likeness (QED) is 0.700. The first kappa shape index (κ1) is 22.3. The molecule has 1 aliphatic heterocycles. The summed E-state index contributed by atoms with van der Waals surface area (Å²) in [6.45, 7) is -0.231. The van der Waals surface area contributed by atoms with E-state index in [-0.39, 0.29) is 17.3 Å². The first-order valence-corrected chi connectivity index (χ1v) is 8.62. The van der Waals surface area contributed by atoms with E-state index in [2.05, 4.69) is 25.0 Å². The van der Waals surface area contributed by atoms with Crippen molar-refractivity contribution >= 4 is 17.4 Å². The van der Waals surface area contributed by atoms with Gasteiger partial charge in [-0.25, -0.2) is 14.4 Å². The van der Waals surface area contributed by atoms with Crippen molar-refractivity contribution in [3.05, 3.63) is 47.7 Å². The van der Waals surface area contributed by atoms with Gasteiger partial charge >= 0.3 is 12.0 Å². The van der Waals surface area contributed by atoms with Gasteiger partial charge in [0.1, 0.15) is 24.0 Å². The fourth-order valence-electron chi connectivity index (χ4n) is 3.01. The third kappa shape index (κ3) is 3.87. The molecule has 166 valence electrons. The second-order valence-corrected chi connectivity index (χ2v) is 6.65. The maximum Gasteiger partial charge on any atom is 0.451 e. The second kappa shape index (κ2) is 7.72. The lowest BCUT2D eigenvalue weighted by atomic mass is 9.82. The third-order valence-electron chi connectivity index (χ3n) is 4.60. The van der Waals surface area contributed by atoms with E-state index in [1.165, 1.54) is 13.3 Å².